The topological polar surface area (TPSA) is 21.1 Å². The van der Waals surface area contributed by atoms with Gasteiger partial charge in [-0.15, -0.1) is 11.6 Å². The summed E-state index contributed by atoms with van der Waals surface area (Å²) in [5, 5.41) is 4.11. The van der Waals surface area contributed by atoms with Gasteiger partial charge in [-0.25, -0.2) is 4.39 Å². The maximum absolute atomic E-state index is 13.4. The summed E-state index contributed by atoms with van der Waals surface area (Å²) in [5.41, 5.74) is 2.68. The minimum atomic E-state index is -0.263. The zero-order valence-corrected chi connectivity index (χ0v) is 11.2. The van der Waals surface area contributed by atoms with Crippen LogP contribution in [0.3, 0.4) is 0 Å². The summed E-state index contributed by atoms with van der Waals surface area (Å²) < 4.78 is 15.2. The Balaban J connectivity index is 2.17. The van der Waals surface area contributed by atoms with Crippen molar-refractivity contribution in [2.24, 2.45) is 7.05 Å². The Morgan fingerprint density at radius 3 is 2.72 bits per heavy atom. The van der Waals surface area contributed by atoms with Crippen molar-refractivity contribution < 1.29 is 4.39 Å². The zero-order valence-electron chi connectivity index (χ0n) is 10.4. The van der Waals surface area contributed by atoms with Crippen molar-refractivity contribution in [3.05, 3.63) is 47.5 Å². The summed E-state index contributed by atoms with van der Waals surface area (Å²) in [5.74, 6) is 0.0482. The van der Waals surface area contributed by atoms with Gasteiger partial charge >= 0.3 is 0 Å². The third kappa shape index (κ3) is 3.01. The van der Waals surface area contributed by atoms with Gasteiger partial charge in [0.15, 0.2) is 0 Å². The van der Waals surface area contributed by atoms with Crippen molar-refractivity contribution in [3.63, 3.8) is 0 Å². The minimum absolute atomic E-state index is 0.263. The van der Waals surface area contributed by atoms with Crippen LogP contribution in [0.4, 0.5) is 10.1 Å². The minimum Gasteiger partial charge on any atom is -0.370 e. The van der Waals surface area contributed by atoms with Gasteiger partial charge in [0.25, 0.3) is 0 Å². The molecule has 1 aromatic carbocycles. The summed E-state index contributed by atoms with van der Waals surface area (Å²) in [6.45, 7) is 0.680. The lowest BCUT2D eigenvalue weighted by molar-refractivity contribution is 0.625. The largest absolute Gasteiger partial charge is 0.370 e. The Kier molecular flexibility index (Phi) is 3.87. The summed E-state index contributed by atoms with van der Waals surface area (Å²) in [6, 6.07) is 4.85. The summed E-state index contributed by atoms with van der Waals surface area (Å²) in [7, 11) is 3.79. The first-order valence-corrected chi connectivity index (χ1v) is 6.16. The second-order valence-electron chi connectivity index (χ2n) is 4.33. The number of nitrogens with zero attached hydrogens (tertiary/aromatic N) is 3. The quantitative estimate of drug-likeness (QED) is 0.794. The normalized spacial score (nSPS) is 10.7. The number of rotatable bonds is 4. The van der Waals surface area contributed by atoms with Crippen LogP contribution >= 0.6 is 11.6 Å². The van der Waals surface area contributed by atoms with Gasteiger partial charge in [-0.05, 0) is 23.8 Å². The van der Waals surface area contributed by atoms with Gasteiger partial charge in [-0.2, -0.15) is 5.10 Å². The molecule has 0 spiro atoms. The Bertz CT molecular complexity index is 539. The van der Waals surface area contributed by atoms with E-state index in [1.807, 2.05) is 31.3 Å². The van der Waals surface area contributed by atoms with E-state index < -0.39 is 0 Å². The van der Waals surface area contributed by atoms with Crippen molar-refractivity contribution >= 4 is 17.3 Å². The van der Waals surface area contributed by atoms with Crippen LogP contribution in [0.15, 0.2) is 30.6 Å². The average Bonchev–Trinajstić information content (AvgIpc) is 2.73. The van der Waals surface area contributed by atoms with Gasteiger partial charge in [-0.3, -0.25) is 4.68 Å². The van der Waals surface area contributed by atoms with Crippen LogP contribution in [0.1, 0.15) is 11.1 Å². The molecule has 0 saturated heterocycles. The van der Waals surface area contributed by atoms with Crippen molar-refractivity contribution in [1.29, 1.82) is 0 Å². The lowest BCUT2D eigenvalue weighted by Gasteiger charge is -2.19. The van der Waals surface area contributed by atoms with E-state index in [-0.39, 0.29) is 5.82 Å². The molecular formula is C13H15ClFN3. The molecule has 0 bridgehead atoms. The summed E-state index contributed by atoms with van der Waals surface area (Å²) in [6.07, 6.45) is 3.75. The van der Waals surface area contributed by atoms with E-state index in [4.69, 9.17) is 11.6 Å². The van der Waals surface area contributed by atoms with Crippen molar-refractivity contribution in [1.82, 2.24) is 9.78 Å². The number of alkyl halides is 1. The van der Waals surface area contributed by atoms with E-state index in [1.54, 1.807) is 10.9 Å². The third-order valence-electron chi connectivity index (χ3n) is 2.72. The maximum atomic E-state index is 13.4. The van der Waals surface area contributed by atoms with Gasteiger partial charge in [0.1, 0.15) is 5.82 Å². The number of hydrogen-bond donors (Lipinski definition) is 0. The standard InChI is InChI=1S/C13H15ClFN3/c1-17(8-11-7-16-18(2)9-11)13-4-10(6-14)3-12(15)5-13/h3-5,7,9H,6,8H2,1-2H3. The van der Waals surface area contributed by atoms with E-state index in [9.17, 15) is 4.39 Å². The molecule has 0 amide bonds. The van der Waals surface area contributed by atoms with Crippen molar-refractivity contribution in [2.75, 3.05) is 11.9 Å². The zero-order chi connectivity index (χ0) is 13.1. The molecule has 0 aliphatic heterocycles. The van der Waals surface area contributed by atoms with E-state index in [1.165, 1.54) is 12.1 Å². The van der Waals surface area contributed by atoms with Crippen LogP contribution < -0.4 is 4.90 Å². The Hall–Kier alpha value is -1.55. The fourth-order valence-corrected chi connectivity index (χ4v) is 2.00. The van der Waals surface area contributed by atoms with Gasteiger partial charge in [0.2, 0.25) is 0 Å². The van der Waals surface area contributed by atoms with Gasteiger partial charge in [-0.1, -0.05) is 0 Å². The lowest BCUT2D eigenvalue weighted by Crippen LogP contribution is -2.16. The first-order chi connectivity index (χ1) is 8.58. The molecule has 96 valence electrons. The molecule has 0 N–H and O–H groups in total. The van der Waals surface area contributed by atoms with Crippen LogP contribution in [0.5, 0.6) is 0 Å². The number of aryl methyl sites for hydroxylation is 1. The van der Waals surface area contributed by atoms with Crippen LogP contribution in [0, 0.1) is 5.82 Å². The molecule has 0 fully saturated rings. The Morgan fingerprint density at radius 2 is 2.11 bits per heavy atom. The van der Waals surface area contributed by atoms with E-state index in [0.29, 0.717) is 12.4 Å². The lowest BCUT2D eigenvalue weighted by atomic mass is 10.2. The van der Waals surface area contributed by atoms with Gasteiger partial charge < -0.3 is 4.90 Å². The molecular weight excluding hydrogens is 253 g/mol. The number of aromatic nitrogens is 2. The number of hydrogen-bond acceptors (Lipinski definition) is 2. The highest BCUT2D eigenvalue weighted by molar-refractivity contribution is 6.17. The van der Waals surface area contributed by atoms with E-state index in [2.05, 4.69) is 5.10 Å². The van der Waals surface area contributed by atoms with Crippen LogP contribution in [0.2, 0.25) is 0 Å². The SMILES string of the molecule is CN(Cc1cnn(C)c1)c1cc(F)cc(CCl)c1. The molecule has 0 aliphatic rings. The summed E-state index contributed by atoms with van der Waals surface area (Å²) >= 11 is 5.74. The molecule has 0 aliphatic carbocycles. The van der Waals surface area contributed by atoms with Crippen molar-refractivity contribution in [2.45, 2.75) is 12.4 Å². The molecule has 2 rings (SSSR count). The third-order valence-corrected chi connectivity index (χ3v) is 3.02. The first-order valence-electron chi connectivity index (χ1n) is 5.62. The number of benzene rings is 1. The highest BCUT2D eigenvalue weighted by Crippen LogP contribution is 2.20. The molecule has 0 saturated carbocycles. The van der Waals surface area contributed by atoms with E-state index >= 15 is 0 Å². The van der Waals surface area contributed by atoms with Crippen molar-refractivity contribution in [3.8, 4) is 0 Å². The fourth-order valence-electron chi connectivity index (χ4n) is 1.85. The maximum Gasteiger partial charge on any atom is 0.125 e. The van der Waals surface area contributed by atoms with Crippen LogP contribution in [-0.4, -0.2) is 16.8 Å². The molecule has 5 heteroatoms. The number of halogens is 2. The molecule has 18 heavy (non-hydrogen) atoms. The average molecular weight is 268 g/mol. The molecule has 0 radical (unpaired) electrons. The predicted octanol–water partition coefficient (Wildman–Crippen LogP) is 2.93. The molecule has 1 heterocycles. The molecule has 0 unspecified atom stereocenters. The molecule has 3 nitrogen and oxygen atoms in total. The fraction of sp³-hybridized carbons (Fsp3) is 0.308. The second-order valence-corrected chi connectivity index (χ2v) is 4.60. The smallest absolute Gasteiger partial charge is 0.125 e. The highest BCUT2D eigenvalue weighted by Gasteiger charge is 2.07. The van der Waals surface area contributed by atoms with Gasteiger partial charge in [0, 0.05) is 44.0 Å². The molecule has 0 atom stereocenters. The second kappa shape index (κ2) is 5.40. The highest BCUT2D eigenvalue weighted by atomic mass is 35.5. The first kappa shape index (κ1) is 12.9. The van der Waals surface area contributed by atoms with E-state index in [0.717, 1.165) is 16.8 Å². The molecule has 2 aromatic rings. The number of anilines is 1. The predicted molar refractivity (Wildman–Crippen MR) is 71.3 cm³/mol. The molecule has 1 aromatic heterocycles. The summed E-state index contributed by atoms with van der Waals surface area (Å²) in [4.78, 5) is 1.97. The monoisotopic (exact) mass is 267 g/mol. The van der Waals surface area contributed by atoms with Gasteiger partial charge in [0.05, 0.1) is 6.20 Å². The Morgan fingerprint density at radius 1 is 1.33 bits per heavy atom. The van der Waals surface area contributed by atoms with Crippen LogP contribution in [-0.2, 0) is 19.5 Å². The van der Waals surface area contributed by atoms with Crippen LogP contribution in [0.25, 0.3) is 0 Å². The Labute approximate surface area is 111 Å².